The van der Waals surface area contributed by atoms with Crippen molar-refractivity contribution in [2.45, 2.75) is 39.0 Å². The standard InChI is InChI=1S/C21H24FNO/c1-13(24)6-8-17-19(23(4)5)11-10-16-15-9-7-14(22)12-18(15)21(2,3)20(16)17/h7,9-12H,6,8H2,1-5H3. The van der Waals surface area contributed by atoms with Crippen LogP contribution in [0, 0.1) is 5.82 Å². The van der Waals surface area contributed by atoms with Crippen molar-refractivity contribution < 1.29 is 9.18 Å². The summed E-state index contributed by atoms with van der Waals surface area (Å²) in [6.45, 7) is 5.93. The van der Waals surface area contributed by atoms with Gasteiger partial charge >= 0.3 is 0 Å². The molecule has 0 fully saturated rings. The summed E-state index contributed by atoms with van der Waals surface area (Å²) in [6, 6.07) is 9.30. The molecule has 0 amide bonds. The third-order valence-electron chi connectivity index (χ3n) is 5.07. The number of anilines is 1. The van der Waals surface area contributed by atoms with Crippen molar-refractivity contribution >= 4 is 11.5 Å². The minimum atomic E-state index is -0.273. The lowest BCUT2D eigenvalue weighted by Crippen LogP contribution is -2.21. The predicted molar refractivity (Wildman–Crippen MR) is 97.3 cm³/mol. The Morgan fingerprint density at radius 3 is 2.42 bits per heavy atom. The van der Waals surface area contributed by atoms with Crippen LogP contribution >= 0.6 is 0 Å². The van der Waals surface area contributed by atoms with Gasteiger partial charge in [0.15, 0.2) is 0 Å². The van der Waals surface area contributed by atoms with Crippen molar-refractivity contribution in [2.75, 3.05) is 19.0 Å². The molecule has 1 aliphatic rings. The molecule has 1 aliphatic carbocycles. The van der Waals surface area contributed by atoms with E-state index >= 15 is 0 Å². The maximum Gasteiger partial charge on any atom is 0.130 e. The lowest BCUT2D eigenvalue weighted by Gasteiger charge is -2.28. The smallest absolute Gasteiger partial charge is 0.130 e. The number of hydrogen-bond donors (Lipinski definition) is 0. The van der Waals surface area contributed by atoms with Crippen molar-refractivity contribution in [3.05, 3.63) is 52.8 Å². The average Bonchev–Trinajstić information content (AvgIpc) is 2.73. The van der Waals surface area contributed by atoms with Crippen LogP contribution in [0.3, 0.4) is 0 Å². The Morgan fingerprint density at radius 1 is 1.12 bits per heavy atom. The molecule has 2 aromatic carbocycles. The maximum absolute atomic E-state index is 13.8. The zero-order valence-corrected chi connectivity index (χ0v) is 15.0. The van der Waals surface area contributed by atoms with Crippen molar-refractivity contribution in [1.82, 2.24) is 0 Å². The Bertz CT molecular complexity index is 821. The van der Waals surface area contributed by atoms with Gasteiger partial charge in [0.1, 0.15) is 11.6 Å². The van der Waals surface area contributed by atoms with Crippen LogP contribution in [0.1, 0.15) is 43.9 Å². The SMILES string of the molecule is CC(=O)CCc1c(N(C)C)ccc2c1C(C)(C)c1cc(F)ccc1-2. The summed E-state index contributed by atoms with van der Waals surface area (Å²) in [5.41, 5.74) is 6.59. The van der Waals surface area contributed by atoms with Gasteiger partial charge in [0.05, 0.1) is 0 Å². The molecule has 0 aliphatic heterocycles. The number of hydrogen-bond acceptors (Lipinski definition) is 2. The first kappa shape index (κ1) is 16.7. The van der Waals surface area contributed by atoms with Gasteiger partial charge < -0.3 is 9.69 Å². The summed E-state index contributed by atoms with van der Waals surface area (Å²) in [7, 11) is 4.04. The van der Waals surface area contributed by atoms with Gasteiger partial charge in [-0.1, -0.05) is 26.0 Å². The summed E-state index contributed by atoms with van der Waals surface area (Å²) in [6.07, 6.45) is 1.24. The number of nitrogens with zero attached hydrogens (tertiary/aromatic N) is 1. The highest BCUT2D eigenvalue weighted by molar-refractivity contribution is 5.85. The van der Waals surface area contributed by atoms with Crippen LogP contribution in [0.25, 0.3) is 11.1 Å². The van der Waals surface area contributed by atoms with Gasteiger partial charge in [0.25, 0.3) is 0 Å². The van der Waals surface area contributed by atoms with Crippen LogP contribution in [0.4, 0.5) is 10.1 Å². The molecule has 0 aromatic heterocycles. The number of rotatable bonds is 4. The molecular weight excluding hydrogens is 301 g/mol. The molecule has 126 valence electrons. The minimum Gasteiger partial charge on any atom is -0.377 e. The lowest BCUT2D eigenvalue weighted by molar-refractivity contribution is -0.116. The predicted octanol–water partition coefficient (Wildman–Crippen LogP) is 4.72. The molecular formula is C21H24FNO. The monoisotopic (exact) mass is 325 g/mol. The Morgan fingerprint density at radius 2 is 1.79 bits per heavy atom. The van der Waals surface area contributed by atoms with Gasteiger partial charge in [-0.3, -0.25) is 0 Å². The van der Waals surface area contributed by atoms with E-state index in [1.165, 1.54) is 22.8 Å². The van der Waals surface area contributed by atoms with Crippen LogP contribution in [-0.4, -0.2) is 19.9 Å². The van der Waals surface area contributed by atoms with Gasteiger partial charge in [0.2, 0.25) is 0 Å². The molecule has 3 heteroatoms. The van der Waals surface area contributed by atoms with E-state index in [1.807, 2.05) is 20.2 Å². The van der Waals surface area contributed by atoms with Crippen LogP contribution in [0.5, 0.6) is 0 Å². The van der Waals surface area contributed by atoms with Gasteiger partial charge in [0, 0.05) is 31.6 Å². The molecule has 0 unspecified atom stereocenters. The van der Waals surface area contributed by atoms with Crippen molar-refractivity contribution in [1.29, 1.82) is 0 Å². The van der Waals surface area contributed by atoms with Crippen molar-refractivity contribution in [3.63, 3.8) is 0 Å². The molecule has 0 N–H and O–H groups in total. The zero-order chi connectivity index (χ0) is 17.6. The zero-order valence-electron chi connectivity index (χ0n) is 15.0. The Balaban J connectivity index is 2.26. The van der Waals surface area contributed by atoms with Crippen LogP contribution < -0.4 is 4.90 Å². The van der Waals surface area contributed by atoms with Crippen LogP contribution in [-0.2, 0) is 16.6 Å². The highest BCUT2D eigenvalue weighted by atomic mass is 19.1. The van der Waals surface area contributed by atoms with Crippen LogP contribution in [0.15, 0.2) is 30.3 Å². The van der Waals surface area contributed by atoms with E-state index in [-0.39, 0.29) is 17.0 Å². The summed E-state index contributed by atoms with van der Waals surface area (Å²) >= 11 is 0. The Labute approximate surface area is 143 Å². The molecule has 2 aromatic rings. The molecule has 0 heterocycles. The summed E-state index contributed by atoms with van der Waals surface area (Å²) in [4.78, 5) is 13.7. The van der Waals surface area contributed by atoms with E-state index in [1.54, 1.807) is 13.0 Å². The number of Topliss-reactive ketones (excluding diaryl/α,β-unsaturated/α-hetero) is 1. The molecule has 0 saturated carbocycles. The average molecular weight is 325 g/mol. The molecule has 0 bridgehead atoms. The number of fused-ring (bicyclic) bond motifs is 3. The maximum atomic E-state index is 13.8. The van der Waals surface area contributed by atoms with E-state index in [9.17, 15) is 9.18 Å². The largest absolute Gasteiger partial charge is 0.377 e. The number of halogens is 1. The van der Waals surface area contributed by atoms with Crippen molar-refractivity contribution in [2.24, 2.45) is 0 Å². The number of carbonyl (C=O) groups is 1. The normalized spacial score (nSPS) is 14.2. The third-order valence-corrected chi connectivity index (χ3v) is 5.07. The topological polar surface area (TPSA) is 20.3 Å². The molecule has 2 nitrogen and oxygen atoms in total. The molecule has 0 atom stereocenters. The number of carbonyl (C=O) groups excluding carboxylic acids is 1. The first-order valence-corrected chi connectivity index (χ1v) is 8.37. The third kappa shape index (κ3) is 2.52. The Hall–Kier alpha value is -2.16. The van der Waals surface area contributed by atoms with E-state index in [0.717, 1.165) is 16.8 Å². The van der Waals surface area contributed by atoms with E-state index in [0.29, 0.717) is 12.8 Å². The van der Waals surface area contributed by atoms with Gasteiger partial charge in [-0.05, 0) is 59.4 Å². The van der Waals surface area contributed by atoms with Gasteiger partial charge in [-0.25, -0.2) is 4.39 Å². The first-order chi connectivity index (χ1) is 11.2. The summed E-state index contributed by atoms with van der Waals surface area (Å²) in [5.74, 6) is -0.00980. The lowest BCUT2D eigenvalue weighted by atomic mass is 9.78. The molecule has 0 saturated heterocycles. The van der Waals surface area contributed by atoms with Crippen LogP contribution in [0.2, 0.25) is 0 Å². The molecule has 24 heavy (non-hydrogen) atoms. The highest BCUT2D eigenvalue weighted by Crippen LogP contribution is 2.52. The van der Waals surface area contributed by atoms with E-state index in [2.05, 4.69) is 30.9 Å². The second kappa shape index (κ2) is 5.73. The van der Waals surface area contributed by atoms with E-state index < -0.39 is 0 Å². The van der Waals surface area contributed by atoms with E-state index in [4.69, 9.17) is 0 Å². The fourth-order valence-electron chi connectivity index (χ4n) is 3.95. The summed E-state index contributed by atoms with van der Waals surface area (Å²) in [5, 5.41) is 0. The number of ketones is 1. The highest BCUT2D eigenvalue weighted by Gasteiger charge is 2.38. The second-order valence-corrected chi connectivity index (χ2v) is 7.40. The van der Waals surface area contributed by atoms with Gasteiger partial charge in [-0.2, -0.15) is 0 Å². The summed E-state index contributed by atoms with van der Waals surface area (Å²) < 4.78 is 13.8. The second-order valence-electron chi connectivity index (χ2n) is 7.40. The minimum absolute atomic E-state index is 0.191. The van der Waals surface area contributed by atoms with Gasteiger partial charge in [-0.15, -0.1) is 0 Å². The quantitative estimate of drug-likeness (QED) is 0.811. The first-order valence-electron chi connectivity index (χ1n) is 8.37. The molecule has 0 radical (unpaired) electrons. The fourth-order valence-corrected chi connectivity index (χ4v) is 3.95. The molecule has 3 rings (SSSR count). The molecule has 0 spiro atoms. The number of benzene rings is 2. The Kier molecular flexibility index (Phi) is 3.98. The van der Waals surface area contributed by atoms with Crippen molar-refractivity contribution in [3.8, 4) is 11.1 Å². The fraction of sp³-hybridized carbons (Fsp3) is 0.381.